The quantitative estimate of drug-likeness (QED) is 0.591. The number of hydrogen-bond acceptors (Lipinski definition) is 4. The molecule has 0 saturated carbocycles. The molecule has 0 fully saturated rings. The predicted molar refractivity (Wildman–Crippen MR) is 78.9 cm³/mol. The molecule has 0 spiro atoms. The standard InChI is InChI=1S/C14H24N6/c1-4-12-8-14(20(5-2)18-12)13(17-15)7-6-11-9-16-19(3)10-11/h8-10,13,17H,4-7,15H2,1-3H3. The minimum absolute atomic E-state index is 0.114. The van der Waals surface area contributed by atoms with E-state index in [2.05, 4.69) is 35.5 Å². The normalized spacial score (nSPS) is 12.8. The van der Waals surface area contributed by atoms with Crippen LogP contribution in [-0.2, 0) is 26.4 Å². The van der Waals surface area contributed by atoms with Crippen LogP contribution in [-0.4, -0.2) is 19.6 Å². The van der Waals surface area contributed by atoms with Gasteiger partial charge in [0.2, 0.25) is 0 Å². The van der Waals surface area contributed by atoms with Crippen molar-refractivity contribution in [1.29, 1.82) is 0 Å². The molecular weight excluding hydrogens is 252 g/mol. The van der Waals surface area contributed by atoms with Gasteiger partial charge in [0.25, 0.3) is 0 Å². The van der Waals surface area contributed by atoms with Gasteiger partial charge in [-0.25, -0.2) is 0 Å². The number of hydrogen-bond donors (Lipinski definition) is 2. The highest BCUT2D eigenvalue weighted by molar-refractivity contribution is 5.15. The summed E-state index contributed by atoms with van der Waals surface area (Å²) < 4.78 is 3.86. The molecule has 3 N–H and O–H groups in total. The van der Waals surface area contributed by atoms with Gasteiger partial charge in [-0.1, -0.05) is 6.92 Å². The molecule has 0 aliphatic carbocycles. The summed E-state index contributed by atoms with van der Waals surface area (Å²) in [5, 5.41) is 8.77. The largest absolute Gasteiger partial charge is 0.276 e. The van der Waals surface area contributed by atoms with Gasteiger partial charge in [0.15, 0.2) is 0 Å². The number of rotatable bonds is 7. The molecule has 0 aromatic carbocycles. The summed E-state index contributed by atoms with van der Waals surface area (Å²) in [6.07, 6.45) is 6.76. The minimum Gasteiger partial charge on any atom is -0.276 e. The minimum atomic E-state index is 0.114. The molecule has 20 heavy (non-hydrogen) atoms. The third kappa shape index (κ3) is 3.26. The van der Waals surface area contributed by atoms with Crippen molar-refractivity contribution in [3.8, 4) is 0 Å². The summed E-state index contributed by atoms with van der Waals surface area (Å²) >= 11 is 0. The molecule has 0 bridgehead atoms. The topological polar surface area (TPSA) is 73.7 Å². The highest BCUT2D eigenvalue weighted by atomic mass is 15.3. The average Bonchev–Trinajstić information content (AvgIpc) is 3.06. The molecule has 0 aliphatic heterocycles. The maximum absolute atomic E-state index is 5.74. The first-order valence-corrected chi connectivity index (χ1v) is 7.18. The monoisotopic (exact) mass is 276 g/mol. The van der Waals surface area contributed by atoms with Crippen molar-refractivity contribution in [2.24, 2.45) is 12.9 Å². The van der Waals surface area contributed by atoms with Gasteiger partial charge in [-0.2, -0.15) is 10.2 Å². The number of hydrazine groups is 1. The van der Waals surface area contributed by atoms with Crippen LogP contribution in [0.5, 0.6) is 0 Å². The van der Waals surface area contributed by atoms with Crippen LogP contribution in [0.25, 0.3) is 0 Å². The smallest absolute Gasteiger partial charge is 0.0632 e. The van der Waals surface area contributed by atoms with Crippen LogP contribution in [0.15, 0.2) is 18.5 Å². The molecule has 1 unspecified atom stereocenters. The van der Waals surface area contributed by atoms with Crippen LogP contribution < -0.4 is 11.3 Å². The molecular formula is C14H24N6. The summed E-state index contributed by atoms with van der Waals surface area (Å²) in [7, 11) is 1.93. The van der Waals surface area contributed by atoms with E-state index in [0.717, 1.165) is 37.2 Å². The lowest BCUT2D eigenvalue weighted by molar-refractivity contribution is 0.466. The van der Waals surface area contributed by atoms with Gasteiger partial charge < -0.3 is 0 Å². The Bertz CT molecular complexity index is 542. The van der Waals surface area contributed by atoms with Crippen molar-refractivity contribution in [3.63, 3.8) is 0 Å². The summed E-state index contributed by atoms with van der Waals surface area (Å²) in [6, 6.07) is 2.26. The Morgan fingerprint density at radius 1 is 1.40 bits per heavy atom. The SMILES string of the molecule is CCc1cc(C(CCc2cnn(C)c2)NN)n(CC)n1. The maximum Gasteiger partial charge on any atom is 0.0632 e. The molecule has 2 aromatic rings. The van der Waals surface area contributed by atoms with Gasteiger partial charge in [0.1, 0.15) is 0 Å². The van der Waals surface area contributed by atoms with E-state index < -0.39 is 0 Å². The fraction of sp³-hybridized carbons (Fsp3) is 0.571. The molecule has 110 valence electrons. The van der Waals surface area contributed by atoms with Crippen molar-refractivity contribution in [3.05, 3.63) is 35.4 Å². The Labute approximate surface area is 119 Å². The van der Waals surface area contributed by atoms with Gasteiger partial charge >= 0.3 is 0 Å². The lowest BCUT2D eigenvalue weighted by atomic mass is 10.1. The average molecular weight is 276 g/mol. The van der Waals surface area contributed by atoms with E-state index in [9.17, 15) is 0 Å². The second kappa shape index (κ2) is 6.67. The highest BCUT2D eigenvalue weighted by Crippen LogP contribution is 2.20. The first-order valence-electron chi connectivity index (χ1n) is 7.18. The zero-order valence-corrected chi connectivity index (χ0v) is 12.5. The van der Waals surface area contributed by atoms with Gasteiger partial charge in [-0.3, -0.25) is 20.6 Å². The van der Waals surface area contributed by atoms with Crippen LogP contribution in [0.3, 0.4) is 0 Å². The second-order valence-corrected chi connectivity index (χ2v) is 5.01. The summed E-state index contributed by atoms with van der Waals surface area (Å²) in [6.45, 7) is 5.08. The maximum atomic E-state index is 5.74. The molecule has 6 heteroatoms. The molecule has 2 aromatic heterocycles. The van der Waals surface area contributed by atoms with Gasteiger partial charge in [0.05, 0.1) is 23.6 Å². The molecule has 2 rings (SSSR count). The Hall–Kier alpha value is -1.66. The second-order valence-electron chi connectivity index (χ2n) is 5.01. The van der Waals surface area contributed by atoms with Crippen molar-refractivity contribution < 1.29 is 0 Å². The Kier molecular flexibility index (Phi) is 4.92. The zero-order valence-electron chi connectivity index (χ0n) is 12.5. The lowest BCUT2D eigenvalue weighted by Crippen LogP contribution is -2.30. The molecule has 0 aliphatic rings. The zero-order chi connectivity index (χ0) is 14.5. The van der Waals surface area contributed by atoms with E-state index >= 15 is 0 Å². The van der Waals surface area contributed by atoms with Crippen molar-refractivity contribution in [1.82, 2.24) is 25.0 Å². The third-order valence-electron chi connectivity index (χ3n) is 3.56. The van der Waals surface area contributed by atoms with E-state index in [1.807, 2.05) is 28.8 Å². The third-order valence-corrected chi connectivity index (χ3v) is 3.56. The Morgan fingerprint density at radius 2 is 2.20 bits per heavy atom. The number of nitrogens with one attached hydrogen (secondary N) is 1. The van der Waals surface area contributed by atoms with E-state index in [1.165, 1.54) is 5.56 Å². The fourth-order valence-electron chi connectivity index (χ4n) is 2.42. The molecule has 0 saturated heterocycles. The number of aryl methyl sites for hydroxylation is 4. The first kappa shape index (κ1) is 14.7. The van der Waals surface area contributed by atoms with Gasteiger partial charge in [-0.05, 0) is 37.8 Å². The highest BCUT2D eigenvalue weighted by Gasteiger charge is 2.16. The Morgan fingerprint density at radius 3 is 2.75 bits per heavy atom. The van der Waals surface area contributed by atoms with E-state index in [-0.39, 0.29) is 6.04 Å². The molecule has 2 heterocycles. The van der Waals surface area contributed by atoms with Crippen LogP contribution in [0.4, 0.5) is 0 Å². The van der Waals surface area contributed by atoms with Crippen molar-refractivity contribution in [2.75, 3.05) is 0 Å². The Balaban J connectivity index is 2.09. The molecule has 1 atom stereocenters. The number of nitrogens with two attached hydrogens (primary N) is 1. The molecule has 0 radical (unpaired) electrons. The van der Waals surface area contributed by atoms with Crippen LogP contribution in [0, 0.1) is 0 Å². The van der Waals surface area contributed by atoms with Crippen LogP contribution in [0.1, 0.15) is 43.3 Å². The predicted octanol–water partition coefficient (Wildman–Crippen LogP) is 1.34. The van der Waals surface area contributed by atoms with E-state index in [4.69, 9.17) is 5.84 Å². The fourth-order valence-corrected chi connectivity index (χ4v) is 2.42. The summed E-state index contributed by atoms with van der Waals surface area (Å²) in [4.78, 5) is 0. The summed E-state index contributed by atoms with van der Waals surface area (Å²) in [5.74, 6) is 5.74. The first-order chi connectivity index (χ1) is 9.67. The number of nitrogens with zero attached hydrogens (tertiary/aromatic N) is 4. The number of aromatic nitrogens is 4. The molecule has 6 nitrogen and oxygen atoms in total. The van der Waals surface area contributed by atoms with Crippen molar-refractivity contribution in [2.45, 2.75) is 45.7 Å². The molecule has 0 amide bonds. The van der Waals surface area contributed by atoms with E-state index in [0.29, 0.717) is 0 Å². The summed E-state index contributed by atoms with van der Waals surface area (Å²) in [5.41, 5.74) is 6.42. The van der Waals surface area contributed by atoms with E-state index in [1.54, 1.807) is 0 Å². The van der Waals surface area contributed by atoms with Crippen LogP contribution >= 0.6 is 0 Å². The van der Waals surface area contributed by atoms with Crippen molar-refractivity contribution >= 4 is 0 Å². The van der Waals surface area contributed by atoms with Gasteiger partial charge in [0, 0.05) is 19.8 Å². The lowest BCUT2D eigenvalue weighted by Gasteiger charge is -2.16. The van der Waals surface area contributed by atoms with Gasteiger partial charge in [-0.15, -0.1) is 0 Å². The van der Waals surface area contributed by atoms with Crippen LogP contribution in [0.2, 0.25) is 0 Å².